The molecule has 114 valence electrons. The third-order valence-electron chi connectivity index (χ3n) is 3.51. The average Bonchev–Trinajstić information content (AvgIpc) is 3.04. The fourth-order valence-corrected chi connectivity index (χ4v) is 2.61. The van der Waals surface area contributed by atoms with Crippen molar-refractivity contribution < 1.29 is 19.1 Å². The average molecular weight is 330 g/mol. The number of nitrogens with zero attached hydrogens (tertiary/aromatic N) is 2. The Morgan fingerprint density at radius 3 is 2.48 bits per heavy atom. The lowest BCUT2D eigenvalue weighted by Gasteiger charge is -2.18. The number of ketones is 2. The van der Waals surface area contributed by atoms with Crippen LogP contribution in [0.1, 0.15) is 20.7 Å². The summed E-state index contributed by atoms with van der Waals surface area (Å²) in [6.07, 6.45) is 2.48. The van der Waals surface area contributed by atoms with Crippen LogP contribution in [-0.2, 0) is 0 Å². The van der Waals surface area contributed by atoms with Crippen molar-refractivity contribution in [1.29, 1.82) is 0 Å². The molecule has 0 amide bonds. The van der Waals surface area contributed by atoms with Crippen LogP contribution in [0.15, 0.2) is 41.3 Å². The number of hydrogen-bond acceptors (Lipinski definition) is 7. The lowest BCUT2D eigenvalue weighted by Crippen LogP contribution is -2.24. The molecule has 8 heteroatoms. The highest BCUT2D eigenvalue weighted by Crippen LogP contribution is 2.36. The first-order chi connectivity index (χ1) is 11.1. The van der Waals surface area contributed by atoms with E-state index in [-0.39, 0.29) is 28.6 Å². The zero-order chi connectivity index (χ0) is 16.0. The van der Waals surface area contributed by atoms with Crippen LogP contribution in [0, 0.1) is 0 Å². The SMILES string of the molecule is O=C1C(Cl)=C(Nc2ccc3c(c2)OCO3)C(=O)c2cnncc21. The lowest BCUT2D eigenvalue weighted by molar-refractivity contribution is 0.0981. The van der Waals surface area contributed by atoms with Gasteiger partial charge in [-0.2, -0.15) is 10.2 Å². The number of allylic oxidation sites excluding steroid dienone is 2. The Bertz CT molecular complexity index is 894. The summed E-state index contributed by atoms with van der Waals surface area (Å²) in [5.74, 6) is 0.270. The molecule has 0 spiro atoms. The molecule has 2 aliphatic rings. The van der Waals surface area contributed by atoms with Gasteiger partial charge in [-0.05, 0) is 12.1 Å². The zero-order valence-electron chi connectivity index (χ0n) is 11.5. The van der Waals surface area contributed by atoms with E-state index in [4.69, 9.17) is 21.1 Å². The first-order valence-electron chi connectivity index (χ1n) is 6.61. The Kier molecular flexibility index (Phi) is 3.02. The first kappa shape index (κ1) is 13.7. The molecule has 1 aliphatic carbocycles. The molecule has 0 atom stereocenters. The van der Waals surface area contributed by atoms with Gasteiger partial charge in [0.1, 0.15) is 10.7 Å². The van der Waals surface area contributed by atoms with Crippen LogP contribution in [0.2, 0.25) is 0 Å². The van der Waals surface area contributed by atoms with Gasteiger partial charge in [-0.25, -0.2) is 0 Å². The van der Waals surface area contributed by atoms with E-state index in [0.29, 0.717) is 17.2 Å². The summed E-state index contributed by atoms with van der Waals surface area (Å²) in [5.41, 5.74) is 0.855. The van der Waals surface area contributed by atoms with E-state index in [1.165, 1.54) is 12.4 Å². The maximum Gasteiger partial charge on any atom is 0.231 e. The molecule has 4 rings (SSSR count). The second kappa shape index (κ2) is 5.06. The Hall–Kier alpha value is -2.93. The molecule has 1 N–H and O–H groups in total. The van der Waals surface area contributed by atoms with Gasteiger partial charge in [0, 0.05) is 11.8 Å². The van der Waals surface area contributed by atoms with Crippen LogP contribution in [0.25, 0.3) is 0 Å². The molecule has 0 unspecified atom stereocenters. The predicted octanol–water partition coefficient (Wildman–Crippen LogP) is 2.15. The van der Waals surface area contributed by atoms with E-state index in [9.17, 15) is 9.59 Å². The molecule has 2 heterocycles. The normalized spacial score (nSPS) is 15.7. The Balaban J connectivity index is 1.73. The van der Waals surface area contributed by atoms with Gasteiger partial charge in [-0.3, -0.25) is 9.59 Å². The van der Waals surface area contributed by atoms with Crippen molar-refractivity contribution in [2.24, 2.45) is 0 Å². The van der Waals surface area contributed by atoms with Crippen molar-refractivity contribution in [3.05, 3.63) is 52.4 Å². The van der Waals surface area contributed by atoms with Gasteiger partial charge >= 0.3 is 0 Å². The van der Waals surface area contributed by atoms with Gasteiger partial charge in [0.2, 0.25) is 18.4 Å². The number of ether oxygens (including phenoxy) is 2. The van der Waals surface area contributed by atoms with Crippen LogP contribution < -0.4 is 14.8 Å². The van der Waals surface area contributed by atoms with Crippen molar-refractivity contribution >= 4 is 28.9 Å². The Labute approximate surface area is 134 Å². The minimum Gasteiger partial charge on any atom is -0.454 e. The topological polar surface area (TPSA) is 90.4 Å². The minimum atomic E-state index is -0.473. The standard InChI is InChI=1S/C15H8ClN3O4/c16-12-13(15(21)9-5-18-17-4-8(9)14(12)20)19-7-1-2-10-11(3-7)23-6-22-10/h1-5,19H,6H2. The Morgan fingerprint density at radius 1 is 1.00 bits per heavy atom. The van der Waals surface area contributed by atoms with Crippen molar-refractivity contribution in [3.8, 4) is 11.5 Å². The van der Waals surface area contributed by atoms with E-state index in [2.05, 4.69) is 15.5 Å². The van der Waals surface area contributed by atoms with Crippen LogP contribution in [0.3, 0.4) is 0 Å². The number of rotatable bonds is 2. The molecule has 1 aromatic heterocycles. The second-order valence-corrected chi connectivity index (χ2v) is 5.23. The molecular weight excluding hydrogens is 322 g/mol. The summed E-state index contributed by atoms with van der Waals surface area (Å²) in [5, 5.41) is 9.94. The fraction of sp³-hybridized carbons (Fsp3) is 0.0667. The van der Waals surface area contributed by atoms with Crippen LogP contribution in [0.4, 0.5) is 5.69 Å². The zero-order valence-corrected chi connectivity index (χ0v) is 12.3. The highest BCUT2D eigenvalue weighted by molar-refractivity contribution is 6.50. The van der Waals surface area contributed by atoms with Gasteiger partial charge in [0.25, 0.3) is 0 Å². The second-order valence-electron chi connectivity index (χ2n) is 4.86. The molecule has 1 aromatic carbocycles. The number of carbonyl (C=O) groups excluding carboxylic acids is 2. The van der Waals surface area contributed by atoms with Gasteiger partial charge in [-0.1, -0.05) is 11.6 Å². The van der Waals surface area contributed by atoms with E-state index in [1.807, 2.05) is 0 Å². The molecule has 0 bridgehead atoms. The number of aromatic nitrogens is 2. The van der Waals surface area contributed by atoms with Crippen LogP contribution in [0.5, 0.6) is 11.5 Å². The number of carbonyl (C=O) groups is 2. The molecule has 23 heavy (non-hydrogen) atoms. The molecule has 7 nitrogen and oxygen atoms in total. The van der Waals surface area contributed by atoms with Crippen molar-refractivity contribution in [1.82, 2.24) is 10.2 Å². The number of Topliss-reactive ketones (excluding diaryl/α,β-unsaturated/α-hetero) is 2. The summed E-state index contributed by atoms with van der Waals surface area (Å²) in [4.78, 5) is 24.8. The number of hydrogen-bond donors (Lipinski definition) is 1. The third kappa shape index (κ3) is 2.13. The summed E-state index contributed by atoms with van der Waals surface area (Å²) in [6.45, 7) is 0.145. The fourth-order valence-electron chi connectivity index (χ4n) is 2.38. The van der Waals surface area contributed by atoms with E-state index in [0.717, 1.165) is 0 Å². The van der Waals surface area contributed by atoms with E-state index < -0.39 is 11.6 Å². The van der Waals surface area contributed by atoms with E-state index in [1.54, 1.807) is 18.2 Å². The summed E-state index contributed by atoms with van der Waals surface area (Å²) in [6, 6.07) is 5.06. The smallest absolute Gasteiger partial charge is 0.231 e. The quantitative estimate of drug-likeness (QED) is 0.902. The predicted molar refractivity (Wildman–Crippen MR) is 79.8 cm³/mol. The first-order valence-corrected chi connectivity index (χ1v) is 6.99. The molecule has 2 aromatic rings. The third-order valence-corrected chi connectivity index (χ3v) is 3.87. The van der Waals surface area contributed by atoms with Gasteiger partial charge in [-0.15, -0.1) is 0 Å². The molecular formula is C15H8ClN3O4. The number of nitrogens with one attached hydrogen (secondary N) is 1. The van der Waals surface area contributed by atoms with Crippen LogP contribution >= 0.6 is 11.6 Å². The maximum absolute atomic E-state index is 12.5. The van der Waals surface area contributed by atoms with Crippen molar-refractivity contribution in [3.63, 3.8) is 0 Å². The highest BCUT2D eigenvalue weighted by Gasteiger charge is 2.32. The van der Waals surface area contributed by atoms with E-state index >= 15 is 0 Å². The van der Waals surface area contributed by atoms with Crippen molar-refractivity contribution in [2.45, 2.75) is 0 Å². The number of anilines is 1. The summed E-state index contributed by atoms with van der Waals surface area (Å²) in [7, 11) is 0. The molecule has 0 radical (unpaired) electrons. The van der Waals surface area contributed by atoms with Crippen LogP contribution in [-0.4, -0.2) is 28.6 Å². The highest BCUT2D eigenvalue weighted by atomic mass is 35.5. The largest absolute Gasteiger partial charge is 0.454 e. The molecule has 0 saturated heterocycles. The lowest BCUT2D eigenvalue weighted by atomic mass is 9.95. The number of fused-ring (bicyclic) bond motifs is 2. The van der Waals surface area contributed by atoms with Gasteiger partial charge < -0.3 is 14.8 Å². The Morgan fingerprint density at radius 2 is 1.70 bits per heavy atom. The molecule has 1 aliphatic heterocycles. The molecule has 0 fully saturated rings. The van der Waals surface area contributed by atoms with Gasteiger partial charge in [0.15, 0.2) is 11.5 Å². The monoisotopic (exact) mass is 329 g/mol. The summed E-state index contributed by atoms with van der Waals surface area (Å²) < 4.78 is 10.5. The maximum atomic E-state index is 12.5. The number of benzene rings is 1. The number of halogens is 1. The van der Waals surface area contributed by atoms with Crippen molar-refractivity contribution in [2.75, 3.05) is 12.1 Å². The molecule has 0 saturated carbocycles. The minimum absolute atomic E-state index is 0.00367. The summed E-state index contributed by atoms with van der Waals surface area (Å²) >= 11 is 6.07. The van der Waals surface area contributed by atoms with Gasteiger partial charge in [0.05, 0.1) is 23.5 Å².